The molecule has 2 N–H and O–H groups in total. The molecule has 2 aromatic rings. The minimum Gasteiger partial charge on any atom is -0.410 e. The van der Waals surface area contributed by atoms with E-state index in [2.05, 4.69) is 21.1 Å². The molecule has 0 spiro atoms. The van der Waals surface area contributed by atoms with Crippen LogP contribution in [0.5, 0.6) is 0 Å². The van der Waals surface area contributed by atoms with Crippen LogP contribution in [0.25, 0.3) is 0 Å². The summed E-state index contributed by atoms with van der Waals surface area (Å²) in [5.41, 5.74) is 2.23. The Balaban J connectivity index is 2.63. The van der Waals surface area contributed by atoms with Gasteiger partial charge in [-0.2, -0.15) is 0 Å². The van der Waals surface area contributed by atoms with Crippen molar-refractivity contribution in [1.29, 1.82) is 5.41 Å². The lowest BCUT2D eigenvalue weighted by atomic mass is 9.98. The summed E-state index contributed by atoms with van der Waals surface area (Å²) in [5, 5.41) is 20.2. The van der Waals surface area contributed by atoms with Crippen LogP contribution in [-0.4, -0.2) is 16.1 Å². The topological polar surface area (TPSA) is 56.4 Å². The number of benzene rings is 2. The molecule has 96 valence electrons. The van der Waals surface area contributed by atoms with E-state index in [9.17, 15) is 5.21 Å². The van der Waals surface area contributed by atoms with Crippen molar-refractivity contribution in [2.24, 2.45) is 5.16 Å². The van der Waals surface area contributed by atoms with Gasteiger partial charge in [0.1, 0.15) is 10.9 Å². The molecule has 3 nitrogen and oxygen atoms in total. The van der Waals surface area contributed by atoms with Gasteiger partial charge in [-0.3, -0.25) is 5.41 Å². The Morgan fingerprint density at radius 1 is 1.00 bits per heavy atom. The molecule has 0 saturated heterocycles. The Labute approximate surface area is 124 Å². The molecule has 0 aliphatic carbocycles. The highest BCUT2D eigenvalue weighted by Gasteiger charge is 2.15. The van der Waals surface area contributed by atoms with Gasteiger partial charge in [0.15, 0.2) is 0 Å². The van der Waals surface area contributed by atoms with Crippen LogP contribution >= 0.6 is 27.5 Å². The first-order chi connectivity index (χ1) is 9.15. The average Bonchev–Trinajstić information content (AvgIpc) is 2.42. The van der Waals surface area contributed by atoms with E-state index in [-0.39, 0.29) is 5.17 Å². The van der Waals surface area contributed by atoms with Crippen molar-refractivity contribution in [2.75, 3.05) is 0 Å². The van der Waals surface area contributed by atoms with E-state index in [0.717, 1.165) is 10.0 Å². The van der Waals surface area contributed by atoms with Gasteiger partial charge in [0.05, 0.1) is 0 Å². The fraction of sp³-hybridized carbons (Fsp3) is 0. The van der Waals surface area contributed by atoms with Crippen molar-refractivity contribution in [1.82, 2.24) is 0 Å². The zero-order valence-corrected chi connectivity index (χ0v) is 12.1. The molecule has 19 heavy (non-hydrogen) atoms. The molecule has 5 heteroatoms. The van der Waals surface area contributed by atoms with E-state index < -0.39 is 0 Å². The molecule has 0 radical (unpaired) electrons. The lowest BCUT2D eigenvalue weighted by Crippen LogP contribution is -2.09. The fourth-order valence-corrected chi connectivity index (χ4v) is 2.42. The van der Waals surface area contributed by atoms with Crippen molar-refractivity contribution in [3.05, 3.63) is 69.7 Å². The molecule has 0 bridgehead atoms. The maximum Gasteiger partial charge on any atom is 0.128 e. The van der Waals surface area contributed by atoms with Crippen LogP contribution in [0.1, 0.15) is 16.7 Å². The van der Waals surface area contributed by atoms with E-state index in [1.54, 1.807) is 24.3 Å². The van der Waals surface area contributed by atoms with Gasteiger partial charge in [-0.25, -0.2) is 0 Å². The Morgan fingerprint density at radius 2 is 1.53 bits per heavy atom. The largest absolute Gasteiger partial charge is 0.410 e. The van der Waals surface area contributed by atoms with Crippen LogP contribution in [0.3, 0.4) is 0 Å². The Morgan fingerprint density at radius 3 is 2.05 bits per heavy atom. The van der Waals surface area contributed by atoms with Gasteiger partial charge in [0, 0.05) is 21.2 Å². The van der Waals surface area contributed by atoms with Crippen LogP contribution in [0, 0.1) is 5.41 Å². The summed E-state index contributed by atoms with van der Waals surface area (Å²) < 4.78 is 0.804. The molecule has 0 aromatic heterocycles. The normalized spacial score (nSPS) is 11.4. The van der Waals surface area contributed by atoms with Gasteiger partial charge in [0.25, 0.3) is 0 Å². The van der Waals surface area contributed by atoms with Crippen molar-refractivity contribution in [2.45, 2.75) is 0 Å². The Kier molecular flexibility index (Phi) is 4.35. The number of halogens is 2. The molecule has 0 saturated carbocycles. The number of nitrogens with zero attached hydrogens (tertiary/aromatic N) is 1. The molecule has 0 fully saturated rings. The molecule has 0 unspecified atom stereocenters. The predicted octanol–water partition coefficient (Wildman–Crippen LogP) is 4.24. The maximum absolute atomic E-state index is 9.32. The first kappa shape index (κ1) is 13.8. The average molecular weight is 338 g/mol. The first-order valence-corrected chi connectivity index (χ1v) is 6.63. The van der Waals surface area contributed by atoms with Crippen molar-refractivity contribution in [3.8, 4) is 0 Å². The monoisotopic (exact) mass is 336 g/mol. The molecule has 2 rings (SSSR count). The Bertz CT molecular complexity index is 655. The Hall–Kier alpha value is -1.65. The van der Waals surface area contributed by atoms with Crippen molar-refractivity contribution in [3.63, 3.8) is 0 Å². The SMILES string of the molecule is N=C(Cl)c1ccccc1/C(=N/O)c1ccccc1Br. The zero-order chi connectivity index (χ0) is 13.8. The third-order valence-electron chi connectivity index (χ3n) is 2.65. The summed E-state index contributed by atoms with van der Waals surface area (Å²) >= 11 is 9.19. The third kappa shape index (κ3) is 2.85. The molecule has 0 aliphatic rings. The highest BCUT2D eigenvalue weighted by Crippen LogP contribution is 2.23. The number of rotatable bonds is 3. The molecular formula is C14H10BrClN2O. The highest BCUT2D eigenvalue weighted by molar-refractivity contribution is 9.10. The summed E-state index contributed by atoms with van der Waals surface area (Å²) in [6.45, 7) is 0. The van der Waals surface area contributed by atoms with Crippen molar-refractivity contribution < 1.29 is 5.21 Å². The van der Waals surface area contributed by atoms with Crippen LogP contribution in [-0.2, 0) is 0 Å². The van der Waals surface area contributed by atoms with Crippen LogP contribution in [0.2, 0.25) is 0 Å². The second-order valence-corrected chi connectivity index (χ2v) is 5.02. The minimum atomic E-state index is -0.0937. The van der Waals surface area contributed by atoms with Gasteiger partial charge < -0.3 is 5.21 Å². The number of hydrogen-bond acceptors (Lipinski definition) is 3. The zero-order valence-electron chi connectivity index (χ0n) is 9.77. The molecule has 0 heterocycles. The maximum atomic E-state index is 9.32. The van der Waals surface area contributed by atoms with Gasteiger partial charge in [-0.15, -0.1) is 0 Å². The van der Waals surface area contributed by atoms with E-state index in [4.69, 9.17) is 17.0 Å². The minimum absolute atomic E-state index is 0.0937. The van der Waals surface area contributed by atoms with E-state index in [1.807, 2.05) is 24.3 Å². The second kappa shape index (κ2) is 5.99. The quantitative estimate of drug-likeness (QED) is 0.491. The number of oxime groups is 1. The van der Waals surface area contributed by atoms with Crippen LogP contribution in [0.4, 0.5) is 0 Å². The molecular weight excluding hydrogens is 328 g/mol. The second-order valence-electron chi connectivity index (χ2n) is 3.79. The first-order valence-electron chi connectivity index (χ1n) is 5.46. The van der Waals surface area contributed by atoms with Gasteiger partial charge in [-0.1, -0.05) is 75.2 Å². The van der Waals surface area contributed by atoms with Crippen LogP contribution in [0.15, 0.2) is 58.2 Å². The van der Waals surface area contributed by atoms with Crippen molar-refractivity contribution >= 4 is 38.4 Å². The summed E-state index contributed by atoms with van der Waals surface area (Å²) in [6.07, 6.45) is 0. The van der Waals surface area contributed by atoms with Gasteiger partial charge >= 0.3 is 0 Å². The molecule has 0 atom stereocenters. The third-order valence-corrected chi connectivity index (χ3v) is 3.54. The molecule has 0 amide bonds. The fourth-order valence-electron chi connectivity index (χ4n) is 1.79. The summed E-state index contributed by atoms with van der Waals surface area (Å²) in [7, 11) is 0. The van der Waals surface area contributed by atoms with E-state index >= 15 is 0 Å². The lowest BCUT2D eigenvalue weighted by molar-refractivity contribution is 0.319. The number of nitrogens with one attached hydrogen (secondary N) is 1. The van der Waals surface area contributed by atoms with Gasteiger partial charge in [0.2, 0.25) is 0 Å². The molecule has 0 aliphatic heterocycles. The predicted molar refractivity (Wildman–Crippen MR) is 80.7 cm³/mol. The highest BCUT2D eigenvalue weighted by atomic mass is 79.9. The molecule has 2 aromatic carbocycles. The van der Waals surface area contributed by atoms with Gasteiger partial charge in [-0.05, 0) is 6.07 Å². The van der Waals surface area contributed by atoms with Crippen LogP contribution < -0.4 is 0 Å². The van der Waals surface area contributed by atoms with E-state index in [1.165, 1.54) is 0 Å². The summed E-state index contributed by atoms with van der Waals surface area (Å²) in [4.78, 5) is 0. The summed E-state index contributed by atoms with van der Waals surface area (Å²) in [5.74, 6) is 0. The lowest BCUT2D eigenvalue weighted by Gasteiger charge is -2.10. The smallest absolute Gasteiger partial charge is 0.128 e. The number of hydrogen-bond donors (Lipinski definition) is 2. The standard InChI is InChI=1S/C14H10BrClN2O/c15-12-8-4-3-7-11(12)13(18-19)9-5-1-2-6-10(9)14(16)17/h1-8,17,19H/b17-14?,18-13-. The summed E-state index contributed by atoms with van der Waals surface area (Å²) in [6, 6.07) is 14.5. The van der Waals surface area contributed by atoms with E-state index in [0.29, 0.717) is 16.8 Å².